The Balaban J connectivity index is 1.66. The number of rotatable bonds is 5. The molecule has 33 heavy (non-hydrogen) atoms. The van der Waals surface area contributed by atoms with E-state index in [2.05, 4.69) is 10.2 Å². The molecule has 0 saturated carbocycles. The Morgan fingerprint density at radius 1 is 1.12 bits per heavy atom. The number of anilines is 1. The minimum Gasteiger partial charge on any atom is -0.379 e. The summed E-state index contributed by atoms with van der Waals surface area (Å²) in [5.74, 6) is 0.376. The molecule has 5 rings (SSSR count). The SMILES string of the molecule is CN(C)c1ccc2c(=O)c(C(=O)NCCN3CCOCC3)c3n(C)c4ccccc4n3c2n1. The summed E-state index contributed by atoms with van der Waals surface area (Å²) < 4.78 is 9.21. The fourth-order valence-corrected chi connectivity index (χ4v) is 4.53. The molecular formula is C24H28N6O3. The van der Waals surface area contributed by atoms with Crippen molar-refractivity contribution in [2.45, 2.75) is 0 Å². The number of amides is 1. The number of carbonyl (C=O) groups is 1. The van der Waals surface area contributed by atoms with Crippen LogP contribution in [0.1, 0.15) is 10.4 Å². The maximum atomic E-state index is 13.6. The Morgan fingerprint density at radius 2 is 1.85 bits per heavy atom. The second-order valence-corrected chi connectivity index (χ2v) is 8.56. The number of imidazole rings is 1. The Hall–Kier alpha value is -3.43. The molecule has 0 spiro atoms. The third-order valence-corrected chi connectivity index (χ3v) is 6.28. The summed E-state index contributed by atoms with van der Waals surface area (Å²) in [6, 6.07) is 11.4. The lowest BCUT2D eigenvalue weighted by Gasteiger charge is -2.26. The summed E-state index contributed by atoms with van der Waals surface area (Å²) in [4.78, 5) is 35.9. The van der Waals surface area contributed by atoms with Crippen LogP contribution in [0.3, 0.4) is 0 Å². The van der Waals surface area contributed by atoms with Crippen LogP contribution in [0.4, 0.5) is 5.82 Å². The van der Waals surface area contributed by atoms with Gasteiger partial charge >= 0.3 is 0 Å². The van der Waals surface area contributed by atoms with E-state index in [-0.39, 0.29) is 16.9 Å². The topological polar surface area (TPSA) is 84.1 Å². The van der Waals surface area contributed by atoms with Crippen molar-refractivity contribution in [1.29, 1.82) is 0 Å². The number of aromatic nitrogens is 3. The van der Waals surface area contributed by atoms with E-state index in [1.54, 1.807) is 12.1 Å². The van der Waals surface area contributed by atoms with Gasteiger partial charge in [0, 0.05) is 47.3 Å². The van der Waals surface area contributed by atoms with Gasteiger partial charge in [-0.05, 0) is 24.3 Å². The van der Waals surface area contributed by atoms with E-state index < -0.39 is 0 Å². The van der Waals surface area contributed by atoms with Gasteiger partial charge in [0.1, 0.15) is 17.0 Å². The first-order chi connectivity index (χ1) is 16.0. The molecule has 1 saturated heterocycles. The number of nitrogens with one attached hydrogen (secondary N) is 1. The molecule has 0 atom stereocenters. The molecule has 1 aliphatic heterocycles. The van der Waals surface area contributed by atoms with Gasteiger partial charge in [0.2, 0.25) is 5.43 Å². The normalized spacial score (nSPS) is 14.9. The third-order valence-electron chi connectivity index (χ3n) is 6.28. The second-order valence-electron chi connectivity index (χ2n) is 8.56. The zero-order valence-electron chi connectivity index (χ0n) is 19.2. The monoisotopic (exact) mass is 448 g/mol. The van der Waals surface area contributed by atoms with Crippen molar-refractivity contribution >= 4 is 39.4 Å². The maximum absolute atomic E-state index is 13.6. The molecule has 9 heteroatoms. The fraction of sp³-hybridized carbons (Fsp3) is 0.375. The van der Waals surface area contributed by atoms with Crippen LogP contribution in [-0.4, -0.2) is 78.2 Å². The first-order valence-corrected chi connectivity index (χ1v) is 11.2. The van der Waals surface area contributed by atoms with Crippen LogP contribution < -0.4 is 15.6 Å². The highest BCUT2D eigenvalue weighted by Crippen LogP contribution is 2.26. The largest absolute Gasteiger partial charge is 0.379 e. The number of para-hydroxylation sites is 2. The molecular weight excluding hydrogens is 420 g/mol. The maximum Gasteiger partial charge on any atom is 0.259 e. The number of hydrogen-bond donors (Lipinski definition) is 1. The van der Waals surface area contributed by atoms with Gasteiger partial charge in [-0.25, -0.2) is 4.98 Å². The molecule has 0 radical (unpaired) electrons. The summed E-state index contributed by atoms with van der Waals surface area (Å²) in [7, 11) is 5.70. The van der Waals surface area contributed by atoms with Gasteiger partial charge in [-0.15, -0.1) is 0 Å². The molecule has 9 nitrogen and oxygen atoms in total. The van der Waals surface area contributed by atoms with Gasteiger partial charge < -0.3 is 19.5 Å². The van der Waals surface area contributed by atoms with E-state index in [1.807, 2.05) is 59.3 Å². The zero-order chi connectivity index (χ0) is 23.1. The number of morpholine rings is 1. The number of carbonyl (C=O) groups excluding carboxylic acids is 1. The molecule has 1 amide bonds. The Labute approximate surface area is 191 Å². The van der Waals surface area contributed by atoms with Crippen molar-refractivity contribution in [3.63, 3.8) is 0 Å². The lowest BCUT2D eigenvalue weighted by molar-refractivity contribution is 0.0383. The molecule has 1 N–H and O–H groups in total. The van der Waals surface area contributed by atoms with Gasteiger partial charge in [0.05, 0.1) is 29.6 Å². The second kappa shape index (κ2) is 8.49. The van der Waals surface area contributed by atoms with Crippen molar-refractivity contribution < 1.29 is 9.53 Å². The average molecular weight is 449 g/mol. The van der Waals surface area contributed by atoms with Gasteiger partial charge in [-0.3, -0.25) is 18.9 Å². The summed E-state index contributed by atoms with van der Waals surface area (Å²) in [5.41, 5.74) is 2.73. The minimum atomic E-state index is -0.366. The molecule has 3 aromatic heterocycles. The first-order valence-electron chi connectivity index (χ1n) is 11.2. The van der Waals surface area contributed by atoms with Crippen LogP contribution in [0.5, 0.6) is 0 Å². The third kappa shape index (κ3) is 3.63. The van der Waals surface area contributed by atoms with Crippen LogP contribution in [0, 0.1) is 0 Å². The van der Waals surface area contributed by atoms with Crippen LogP contribution in [0.2, 0.25) is 0 Å². The summed E-state index contributed by atoms with van der Waals surface area (Å²) in [5, 5.41) is 3.39. The van der Waals surface area contributed by atoms with Crippen LogP contribution in [-0.2, 0) is 11.8 Å². The highest BCUT2D eigenvalue weighted by Gasteiger charge is 2.24. The van der Waals surface area contributed by atoms with Gasteiger partial charge in [-0.2, -0.15) is 0 Å². The van der Waals surface area contributed by atoms with E-state index in [0.29, 0.717) is 36.4 Å². The van der Waals surface area contributed by atoms with Crippen molar-refractivity contribution in [1.82, 2.24) is 24.2 Å². The molecule has 1 aliphatic rings. The highest BCUT2D eigenvalue weighted by atomic mass is 16.5. The first kappa shape index (κ1) is 21.4. The molecule has 172 valence electrons. The molecule has 0 aliphatic carbocycles. The number of hydrogen-bond acceptors (Lipinski definition) is 6. The van der Waals surface area contributed by atoms with Crippen LogP contribution in [0.25, 0.3) is 27.7 Å². The Bertz CT molecular complexity index is 1420. The molecule has 0 bridgehead atoms. The number of nitrogens with zero attached hydrogens (tertiary/aromatic N) is 5. The van der Waals surface area contributed by atoms with Gasteiger partial charge in [0.15, 0.2) is 5.65 Å². The van der Waals surface area contributed by atoms with Crippen LogP contribution in [0.15, 0.2) is 41.2 Å². The fourth-order valence-electron chi connectivity index (χ4n) is 4.53. The number of fused-ring (bicyclic) bond motifs is 5. The summed E-state index contributed by atoms with van der Waals surface area (Å²) >= 11 is 0. The number of benzene rings is 1. The number of pyridine rings is 2. The molecule has 1 fully saturated rings. The standard InChI is InChI=1S/C24H28N6O3/c1-27(2)19-9-8-16-21(31)20(23(32)25-10-11-29-12-14-33-15-13-29)24-28(3)17-6-4-5-7-18(17)30(24)22(16)26-19/h4-9H,10-15H2,1-3H3,(H,25,32). The van der Waals surface area contributed by atoms with E-state index in [0.717, 1.165) is 36.5 Å². The van der Waals surface area contributed by atoms with E-state index in [4.69, 9.17) is 9.72 Å². The molecule has 0 unspecified atom stereocenters. The van der Waals surface area contributed by atoms with Crippen molar-refractivity contribution in [2.75, 3.05) is 58.4 Å². The van der Waals surface area contributed by atoms with E-state index >= 15 is 0 Å². The predicted molar refractivity (Wildman–Crippen MR) is 129 cm³/mol. The smallest absolute Gasteiger partial charge is 0.259 e. The van der Waals surface area contributed by atoms with Crippen molar-refractivity contribution in [2.24, 2.45) is 7.05 Å². The van der Waals surface area contributed by atoms with E-state index in [9.17, 15) is 9.59 Å². The number of aryl methyl sites for hydroxylation is 1. The quantitative estimate of drug-likeness (QED) is 0.498. The molecule has 4 aromatic rings. The Morgan fingerprint density at radius 3 is 2.58 bits per heavy atom. The lowest BCUT2D eigenvalue weighted by atomic mass is 10.1. The lowest BCUT2D eigenvalue weighted by Crippen LogP contribution is -2.42. The molecule has 4 heterocycles. The van der Waals surface area contributed by atoms with E-state index in [1.165, 1.54) is 0 Å². The Kier molecular flexibility index (Phi) is 5.51. The van der Waals surface area contributed by atoms with Crippen molar-refractivity contribution in [3.8, 4) is 0 Å². The summed E-state index contributed by atoms with van der Waals surface area (Å²) in [6.07, 6.45) is 0. The highest BCUT2D eigenvalue weighted by molar-refractivity contribution is 6.05. The zero-order valence-corrected chi connectivity index (χ0v) is 19.2. The van der Waals surface area contributed by atoms with Gasteiger partial charge in [-0.1, -0.05) is 12.1 Å². The average Bonchev–Trinajstić information content (AvgIpc) is 3.12. The minimum absolute atomic E-state index is 0.141. The summed E-state index contributed by atoms with van der Waals surface area (Å²) in [6.45, 7) is 4.29. The van der Waals surface area contributed by atoms with Crippen LogP contribution >= 0.6 is 0 Å². The van der Waals surface area contributed by atoms with Crippen molar-refractivity contribution in [3.05, 3.63) is 52.2 Å². The predicted octanol–water partition coefficient (Wildman–Crippen LogP) is 1.47. The van der Waals surface area contributed by atoms with Gasteiger partial charge in [0.25, 0.3) is 5.91 Å². The molecule has 1 aromatic carbocycles. The number of ether oxygens (including phenoxy) is 1.